The van der Waals surface area contributed by atoms with Crippen LogP contribution in [0.5, 0.6) is 5.75 Å². The summed E-state index contributed by atoms with van der Waals surface area (Å²) in [6.45, 7) is 6.43. The molecule has 2 rings (SSSR count). The van der Waals surface area contributed by atoms with Crippen molar-refractivity contribution in [2.24, 2.45) is 0 Å². The number of hydrogen-bond acceptors (Lipinski definition) is 2. The Hall–Kier alpha value is -2.03. The molecule has 1 atom stereocenters. The highest BCUT2D eigenvalue weighted by molar-refractivity contribution is 5.47. The molecule has 0 amide bonds. The van der Waals surface area contributed by atoms with Crippen molar-refractivity contribution in [1.82, 2.24) is 0 Å². The molecule has 2 aromatic rings. The molecular weight excluding hydrogens is 253 g/mol. The summed E-state index contributed by atoms with van der Waals surface area (Å²) in [5.74, 6) is 0.679. The van der Waals surface area contributed by atoms with Gasteiger partial charge in [0, 0.05) is 11.7 Å². The molecular formula is C17H20FNO. The van der Waals surface area contributed by atoms with Gasteiger partial charge in [-0.15, -0.1) is 0 Å². The second-order valence-electron chi connectivity index (χ2n) is 4.83. The first kappa shape index (κ1) is 14.4. The van der Waals surface area contributed by atoms with Crippen LogP contribution in [0.2, 0.25) is 0 Å². The number of benzene rings is 2. The normalized spacial score (nSPS) is 12.0. The van der Waals surface area contributed by atoms with E-state index in [-0.39, 0.29) is 11.9 Å². The summed E-state index contributed by atoms with van der Waals surface area (Å²) in [6.07, 6.45) is 0. The monoisotopic (exact) mass is 273 g/mol. The van der Waals surface area contributed by atoms with E-state index in [1.54, 1.807) is 13.0 Å². The van der Waals surface area contributed by atoms with E-state index in [1.165, 1.54) is 6.07 Å². The lowest BCUT2D eigenvalue weighted by molar-refractivity contribution is 0.340. The molecule has 1 unspecified atom stereocenters. The summed E-state index contributed by atoms with van der Waals surface area (Å²) >= 11 is 0. The number of aryl methyl sites for hydroxylation is 1. The zero-order valence-electron chi connectivity index (χ0n) is 12.1. The van der Waals surface area contributed by atoms with Crippen molar-refractivity contribution >= 4 is 5.69 Å². The van der Waals surface area contributed by atoms with Crippen LogP contribution in [0.25, 0.3) is 0 Å². The summed E-state index contributed by atoms with van der Waals surface area (Å²) in [4.78, 5) is 0. The molecule has 20 heavy (non-hydrogen) atoms. The highest BCUT2D eigenvalue weighted by atomic mass is 19.1. The van der Waals surface area contributed by atoms with Crippen molar-refractivity contribution in [3.63, 3.8) is 0 Å². The molecule has 0 saturated carbocycles. The van der Waals surface area contributed by atoms with Gasteiger partial charge in [0.05, 0.1) is 6.61 Å². The molecule has 0 saturated heterocycles. The zero-order chi connectivity index (χ0) is 14.5. The molecule has 0 radical (unpaired) electrons. The van der Waals surface area contributed by atoms with Crippen LogP contribution in [-0.4, -0.2) is 6.61 Å². The molecule has 0 heterocycles. The van der Waals surface area contributed by atoms with Crippen molar-refractivity contribution in [3.05, 3.63) is 59.4 Å². The van der Waals surface area contributed by atoms with Crippen LogP contribution in [0, 0.1) is 12.7 Å². The number of rotatable bonds is 5. The maximum Gasteiger partial charge on any atom is 0.128 e. The Balaban J connectivity index is 2.06. The predicted molar refractivity (Wildman–Crippen MR) is 80.8 cm³/mol. The highest BCUT2D eigenvalue weighted by Crippen LogP contribution is 2.22. The lowest BCUT2D eigenvalue weighted by Crippen LogP contribution is -2.07. The van der Waals surface area contributed by atoms with E-state index in [4.69, 9.17) is 4.74 Å². The summed E-state index contributed by atoms with van der Waals surface area (Å²) in [6, 6.07) is 13.2. The Labute approximate surface area is 119 Å². The topological polar surface area (TPSA) is 21.3 Å². The molecule has 1 N–H and O–H groups in total. The molecule has 106 valence electrons. The van der Waals surface area contributed by atoms with E-state index < -0.39 is 0 Å². The van der Waals surface area contributed by atoms with Gasteiger partial charge in [-0.25, -0.2) is 4.39 Å². The number of nitrogens with one attached hydrogen (secondary N) is 1. The van der Waals surface area contributed by atoms with E-state index in [9.17, 15) is 4.39 Å². The van der Waals surface area contributed by atoms with Crippen molar-refractivity contribution in [2.45, 2.75) is 26.8 Å². The third-order valence-electron chi connectivity index (χ3n) is 3.25. The van der Waals surface area contributed by atoms with E-state index in [2.05, 4.69) is 5.32 Å². The van der Waals surface area contributed by atoms with Gasteiger partial charge in [-0.05, 0) is 56.2 Å². The Morgan fingerprint density at radius 3 is 2.45 bits per heavy atom. The summed E-state index contributed by atoms with van der Waals surface area (Å²) in [5, 5.41) is 3.30. The van der Waals surface area contributed by atoms with E-state index >= 15 is 0 Å². The zero-order valence-corrected chi connectivity index (χ0v) is 12.1. The van der Waals surface area contributed by atoms with Crippen LogP contribution in [0.15, 0.2) is 42.5 Å². The SMILES string of the molecule is CCOc1ccc(C(C)Nc2ccc(C)c(F)c2)cc1. The molecule has 0 aromatic heterocycles. The first-order chi connectivity index (χ1) is 9.60. The summed E-state index contributed by atoms with van der Waals surface area (Å²) < 4.78 is 18.9. The number of ether oxygens (including phenoxy) is 1. The lowest BCUT2D eigenvalue weighted by atomic mass is 10.1. The van der Waals surface area contributed by atoms with E-state index in [0.29, 0.717) is 12.2 Å². The Morgan fingerprint density at radius 2 is 1.85 bits per heavy atom. The third-order valence-corrected chi connectivity index (χ3v) is 3.25. The second kappa shape index (κ2) is 6.42. The van der Waals surface area contributed by atoms with Gasteiger partial charge in [0.2, 0.25) is 0 Å². The average Bonchev–Trinajstić information content (AvgIpc) is 2.44. The van der Waals surface area contributed by atoms with E-state index in [0.717, 1.165) is 17.0 Å². The van der Waals surface area contributed by atoms with Crippen molar-refractivity contribution < 1.29 is 9.13 Å². The maximum atomic E-state index is 13.5. The highest BCUT2D eigenvalue weighted by Gasteiger charge is 2.07. The molecule has 0 bridgehead atoms. The van der Waals surface area contributed by atoms with Gasteiger partial charge in [0.25, 0.3) is 0 Å². The van der Waals surface area contributed by atoms with Crippen molar-refractivity contribution in [3.8, 4) is 5.75 Å². The number of hydrogen-bond donors (Lipinski definition) is 1. The largest absolute Gasteiger partial charge is 0.494 e. The fraction of sp³-hybridized carbons (Fsp3) is 0.294. The Bertz CT molecular complexity index is 566. The molecule has 0 fully saturated rings. The minimum atomic E-state index is -0.186. The van der Waals surface area contributed by atoms with Gasteiger partial charge in [-0.2, -0.15) is 0 Å². The molecule has 2 nitrogen and oxygen atoms in total. The average molecular weight is 273 g/mol. The van der Waals surface area contributed by atoms with Gasteiger partial charge in [0.15, 0.2) is 0 Å². The van der Waals surface area contributed by atoms with Crippen LogP contribution < -0.4 is 10.1 Å². The van der Waals surface area contributed by atoms with Gasteiger partial charge in [0.1, 0.15) is 11.6 Å². The van der Waals surface area contributed by atoms with Gasteiger partial charge in [-0.1, -0.05) is 18.2 Å². The van der Waals surface area contributed by atoms with Crippen LogP contribution >= 0.6 is 0 Å². The fourth-order valence-electron chi connectivity index (χ4n) is 2.04. The van der Waals surface area contributed by atoms with Crippen molar-refractivity contribution in [1.29, 1.82) is 0 Å². The van der Waals surface area contributed by atoms with E-state index in [1.807, 2.05) is 44.2 Å². The third kappa shape index (κ3) is 3.50. The first-order valence-corrected chi connectivity index (χ1v) is 6.85. The molecule has 0 aliphatic carbocycles. The summed E-state index contributed by atoms with van der Waals surface area (Å²) in [5.41, 5.74) is 2.58. The minimum Gasteiger partial charge on any atom is -0.494 e. The minimum absolute atomic E-state index is 0.104. The summed E-state index contributed by atoms with van der Waals surface area (Å²) in [7, 11) is 0. The second-order valence-corrected chi connectivity index (χ2v) is 4.83. The molecule has 0 aliphatic rings. The van der Waals surface area contributed by atoms with Gasteiger partial charge < -0.3 is 10.1 Å². The molecule has 3 heteroatoms. The number of anilines is 1. The maximum absolute atomic E-state index is 13.5. The standard InChI is InChI=1S/C17H20FNO/c1-4-20-16-9-6-14(7-10-16)13(3)19-15-8-5-12(2)17(18)11-15/h5-11,13,19H,4H2,1-3H3. The van der Waals surface area contributed by atoms with Gasteiger partial charge in [-0.3, -0.25) is 0 Å². The van der Waals surface area contributed by atoms with Crippen LogP contribution in [0.1, 0.15) is 31.0 Å². The van der Waals surface area contributed by atoms with Crippen LogP contribution in [0.3, 0.4) is 0 Å². The van der Waals surface area contributed by atoms with Crippen molar-refractivity contribution in [2.75, 3.05) is 11.9 Å². The smallest absolute Gasteiger partial charge is 0.128 e. The number of halogens is 1. The fourth-order valence-corrected chi connectivity index (χ4v) is 2.04. The molecule has 0 aliphatic heterocycles. The quantitative estimate of drug-likeness (QED) is 0.852. The predicted octanol–water partition coefficient (Wildman–Crippen LogP) is 4.71. The Kier molecular flexibility index (Phi) is 4.61. The lowest BCUT2D eigenvalue weighted by Gasteiger charge is -2.16. The van der Waals surface area contributed by atoms with Gasteiger partial charge >= 0.3 is 0 Å². The van der Waals surface area contributed by atoms with Crippen LogP contribution in [0.4, 0.5) is 10.1 Å². The molecule has 2 aromatic carbocycles. The van der Waals surface area contributed by atoms with Crippen LogP contribution in [-0.2, 0) is 0 Å². The Morgan fingerprint density at radius 1 is 1.15 bits per heavy atom. The molecule has 0 spiro atoms. The first-order valence-electron chi connectivity index (χ1n) is 6.85.